The van der Waals surface area contributed by atoms with E-state index in [9.17, 15) is 4.79 Å². The minimum atomic E-state index is -0.659. The Morgan fingerprint density at radius 2 is 2.12 bits per heavy atom. The minimum Gasteiger partial charge on any atom is -0.486 e. The average molecular weight is 413 g/mol. The molecule has 0 saturated carbocycles. The number of rotatable bonds is 0. The van der Waals surface area contributed by atoms with Gasteiger partial charge in [-0.1, -0.05) is 27.5 Å². The van der Waals surface area contributed by atoms with Crippen molar-refractivity contribution >= 4 is 45.1 Å². The van der Waals surface area contributed by atoms with Gasteiger partial charge in [0.05, 0.1) is 11.3 Å². The summed E-state index contributed by atoms with van der Waals surface area (Å²) in [6.45, 7) is 5.56. The maximum atomic E-state index is 12.8. The lowest BCUT2D eigenvalue weighted by molar-refractivity contribution is 0.0598. The van der Waals surface area contributed by atoms with Gasteiger partial charge in [-0.25, -0.2) is 19.7 Å². The molecule has 1 amide bonds. The molecule has 0 saturated heterocycles. The molecule has 0 fully saturated rings. The Kier molecular flexibility index (Phi) is 4.40. The van der Waals surface area contributed by atoms with E-state index in [1.807, 2.05) is 6.07 Å². The van der Waals surface area contributed by atoms with Crippen molar-refractivity contribution in [2.45, 2.75) is 33.0 Å². The van der Waals surface area contributed by atoms with E-state index in [0.717, 1.165) is 4.47 Å². The Morgan fingerprint density at radius 1 is 1.38 bits per heavy atom. The highest BCUT2D eigenvalue weighted by Crippen LogP contribution is 2.41. The van der Waals surface area contributed by atoms with Gasteiger partial charge in [-0.3, -0.25) is 0 Å². The number of aromatic nitrogens is 2. The molecule has 0 atom stereocenters. The molecule has 0 unspecified atom stereocenters. The summed E-state index contributed by atoms with van der Waals surface area (Å²) >= 11 is 9.59. The molecule has 0 N–H and O–H groups in total. The Balaban J connectivity index is 2.19. The summed E-state index contributed by atoms with van der Waals surface area (Å²) in [5.74, 6) is 0.874. The van der Waals surface area contributed by atoms with Crippen LogP contribution in [0.1, 0.15) is 26.3 Å². The van der Waals surface area contributed by atoms with Crippen LogP contribution in [-0.2, 0) is 11.3 Å². The van der Waals surface area contributed by atoms with Crippen LogP contribution in [0.2, 0.25) is 5.15 Å². The number of nitrogens with zero attached hydrogens (tertiary/aromatic N) is 3. The quantitative estimate of drug-likeness (QED) is 0.578. The van der Waals surface area contributed by atoms with Crippen LogP contribution in [0.15, 0.2) is 29.0 Å². The Morgan fingerprint density at radius 3 is 2.83 bits per heavy atom. The Hall–Kier alpha value is -1.86. The van der Waals surface area contributed by atoms with Crippen molar-refractivity contribution in [2.75, 3.05) is 4.90 Å². The number of amides is 1. The molecular formula is C16H15BrClN3O3. The van der Waals surface area contributed by atoms with Crippen molar-refractivity contribution in [3.8, 4) is 5.75 Å². The fraction of sp³-hybridized carbons (Fsp3) is 0.312. The van der Waals surface area contributed by atoms with E-state index >= 15 is 0 Å². The summed E-state index contributed by atoms with van der Waals surface area (Å²) in [6.07, 6.45) is 0.741. The molecule has 1 aliphatic rings. The first-order valence-corrected chi connectivity index (χ1v) is 8.38. The van der Waals surface area contributed by atoms with Crippen molar-refractivity contribution in [3.63, 3.8) is 0 Å². The molecule has 24 heavy (non-hydrogen) atoms. The van der Waals surface area contributed by atoms with E-state index in [4.69, 9.17) is 21.1 Å². The second-order valence-electron chi connectivity index (χ2n) is 6.18. The molecule has 6 nitrogen and oxygen atoms in total. The van der Waals surface area contributed by atoms with Gasteiger partial charge in [-0.15, -0.1) is 0 Å². The monoisotopic (exact) mass is 411 g/mol. The third-order valence-electron chi connectivity index (χ3n) is 3.19. The molecule has 1 aromatic heterocycles. The number of hydrogen-bond donors (Lipinski definition) is 0. The topological polar surface area (TPSA) is 64.5 Å². The number of anilines is 2. The van der Waals surface area contributed by atoms with E-state index in [0.29, 0.717) is 22.8 Å². The number of hydrogen-bond acceptors (Lipinski definition) is 5. The molecular weight excluding hydrogens is 398 g/mol. The molecule has 0 spiro atoms. The van der Waals surface area contributed by atoms with Crippen LogP contribution < -0.4 is 9.64 Å². The first-order valence-electron chi connectivity index (χ1n) is 7.21. The van der Waals surface area contributed by atoms with Gasteiger partial charge in [0.15, 0.2) is 5.82 Å². The third-order valence-corrected chi connectivity index (χ3v) is 4.01. The molecule has 8 heteroatoms. The number of carbonyl (C=O) groups is 1. The molecule has 0 aliphatic carbocycles. The molecule has 2 aromatic rings. The lowest BCUT2D eigenvalue weighted by atomic mass is 10.2. The molecule has 0 radical (unpaired) electrons. The Bertz CT molecular complexity index is 806. The number of benzene rings is 1. The fourth-order valence-corrected chi connectivity index (χ4v) is 2.77. The van der Waals surface area contributed by atoms with Crippen LogP contribution in [0.4, 0.5) is 16.3 Å². The van der Waals surface area contributed by atoms with Crippen LogP contribution in [0.5, 0.6) is 5.75 Å². The number of halogens is 2. The largest absolute Gasteiger partial charge is 0.486 e. The number of carbonyl (C=O) groups excluding carboxylic acids is 1. The summed E-state index contributed by atoms with van der Waals surface area (Å²) in [7, 11) is 0. The third kappa shape index (κ3) is 3.32. The summed E-state index contributed by atoms with van der Waals surface area (Å²) in [5, 5.41) is 0.237. The van der Waals surface area contributed by atoms with E-state index < -0.39 is 11.7 Å². The van der Waals surface area contributed by atoms with Crippen LogP contribution in [-0.4, -0.2) is 21.7 Å². The van der Waals surface area contributed by atoms with Crippen molar-refractivity contribution in [1.29, 1.82) is 0 Å². The number of fused-ring (bicyclic) bond motifs is 2. The molecule has 3 rings (SSSR count). The summed E-state index contributed by atoms with van der Waals surface area (Å²) in [6, 6.07) is 5.36. The lowest BCUT2D eigenvalue weighted by Gasteiger charge is -2.27. The average Bonchev–Trinajstić information content (AvgIpc) is 2.62. The van der Waals surface area contributed by atoms with Crippen LogP contribution in [0.25, 0.3) is 0 Å². The van der Waals surface area contributed by atoms with Crippen molar-refractivity contribution < 1.29 is 14.3 Å². The second-order valence-corrected chi connectivity index (χ2v) is 7.46. The van der Waals surface area contributed by atoms with Gasteiger partial charge >= 0.3 is 6.09 Å². The summed E-state index contributed by atoms with van der Waals surface area (Å²) < 4.78 is 12.1. The second kappa shape index (κ2) is 6.22. The first kappa shape index (κ1) is 17.0. The van der Waals surface area contributed by atoms with Gasteiger partial charge in [0, 0.05) is 4.47 Å². The molecule has 0 bridgehead atoms. The van der Waals surface area contributed by atoms with Crippen molar-refractivity contribution in [3.05, 3.63) is 39.7 Å². The zero-order chi connectivity index (χ0) is 17.5. The lowest BCUT2D eigenvalue weighted by Crippen LogP contribution is -2.34. The van der Waals surface area contributed by atoms with Crippen molar-refractivity contribution in [2.24, 2.45) is 0 Å². The van der Waals surface area contributed by atoms with E-state index in [2.05, 4.69) is 25.9 Å². The summed E-state index contributed by atoms with van der Waals surface area (Å²) in [5.41, 5.74) is 0.387. The van der Waals surface area contributed by atoms with Crippen LogP contribution in [0, 0.1) is 0 Å². The van der Waals surface area contributed by atoms with Gasteiger partial charge in [0.1, 0.15) is 29.4 Å². The van der Waals surface area contributed by atoms with Gasteiger partial charge in [0.2, 0.25) is 0 Å². The normalized spacial score (nSPS) is 13.5. The van der Waals surface area contributed by atoms with Crippen LogP contribution >= 0.6 is 27.5 Å². The highest BCUT2D eigenvalue weighted by Gasteiger charge is 2.33. The zero-order valence-electron chi connectivity index (χ0n) is 13.3. The molecule has 1 aromatic carbocycles. The highest BCUT2D eigenvalue weighted by molar-refractivity contribution is 9.10. The predicted molar refractivity (Wildman–Crippen MR) is 93.9 cm³/mol. The molecule has 1 aliphatic heterocycles. The highest BCUT2D eigenvalue weighted by atomic mass is 79.9. The standard InChI is InChI=1S/C16H15BrClN3O3/c1-16(2,3)24-15(22)21-11-6-9(17)4-5-12(11)23-7-10-13(18)19-8-20-14(10)21/h4-6,8H,7H2,1-3H3. The minimum absolute atomic E-state index is 0.156. The van der Waals surface area contributed by atoms with Gasteiger partial charge in [0.25, 0.3) is 0 Å². The van der Waals surface area contributed by atoms with E-state index in [1.54, 1.807) is 32.9 Å². The predicted octanol–water partition coefficient (Wildman–Crippen LogP) is 4.86. The van der Waals surface area contributed by atoms with E-state index in [1.165, 1.54) is 11.2 Å². The summed E-state index contributed by atoms with van der Waals surface area (Å²) in [4.78, 5) is 22.4. The first-order chi connectivity index (χ1) is 11.3. The van der Waals surface area contributed by atoms with Gasteiger partial charge in [-0.05, 0) is 39.0 Å². The molecule has 126 valence electrons. The smallest absolute Gasteiger partial charge is 0.420 e. The fourth-order valence-electron chi connectivity index (χ4n) is 2.24. The van der Waals surface area contributed by atoms with Crippen LogP contribution in [0.3, 0.4) is 0 Å². The maximum Gasteiger partial charge on any atom is 0.420 e. The maximum absolute atomic E-state index is 12.8. The van der Waals surface area contributed by atoms with Crippen molar-refractivity contribution in [1.82, 2.24) is 9.97 Å². The van der Waals surface area contributed by atoms with Gasteiger partial charge < -0.3 is 9.47 Å². The van der Waals surface area contributed by atoms with E-state index in [-0.39, 0.29) is 11.8 Å². The Labute approximate surface area is 152 Å². The SMILES string of the molecule is CC(C)(C)OC(=O)N1c2cc(Br)ccc2OCc2c(Cl)ncnc21. The van der Waals surface area contributed by atoms with Gasteiger partial charge in [-0.2, -0.15) is 0 Å². The zero-order valence-corrected chi connectivity index (χ0v) is 15.7. The number of ether oxygens (including phenoxy) is 2. The molecule has 2 heterocycles.